The molecule has 0 aliphatic carbocycles. The summed E-state index contributed by atoms with van der Waals surface area (Å²) in [5.41, 5.74) is 0.861. The Hall–Kier alpha value is -2.84. The number of rotatable bonds is 7. The molecular formula is C21H22ClN5O2S. The standard InChI is InChI=1S/C21H22ClN5O2S/c1-4-21(2,3)24-19(28)18(14-9-11-23-12-10-14)27(16-7-5-15(22)6-8-16)20(29)17-13-30-26-25-17/h5-13,18H,4H2,1-3H3,(H,24,28). The fourth-order valence-corrected chi connectivity index (χ4v) is 3.38. The van der Waals surface area contributed by atoms with Crippen LogP contribution in [0.3, 0.4) is 0 Å². The van der Waals surface area contributed by atoms with Crippen LogP contribution in [-0.2, 0) is 4.79 Å². The van der Waals surface area contributed by atoms with Crippen LogP contribution in [0.5, 0.6) is 0 Å². The van der Waals surface area contributed by atoms with Crippen molar-refractivity contribution in [1.29, 1.82) is 0 Å². The molecule has 0 radical (unpaired) electrons. The third-order valence-electron chi connectivity index (χ3n) is 4.78. The first-order valence-corrected chi connectivity index (χ1v) is 10.6. The highest BCUT2D eigenvalue weighted by Gasteiger charge is 2.36. The predicted molar refractivity (Wildman–Crippen MR) is 118 cm³/mol. The summed E-state index contributed by atoms with van der Waals surface area (Å²) in [5, 5.41) is 9.05. The molecule has 1 atom stereocenters. The van der Waals surface area contributed by atoms with Crippen molar-refractivity contribution in [3.8, 4) is 0 Å². The molecule has 0 aliphatic rings. The van der Waals surface area contributed by atoms with Gasteiger partial charge in [-0.1, -0.05) is 23.0 Å². The molecule has 2 heterocycles. The number of hydrogen-bond acceptors (Lipinski definition) is 6. The Morgan fingerprint density at radius 1 is 1.17 bits per heavy atom. The van der Waals surface area contributed by atoms with Gasteiger partial charge >= 0.3 is 0 Å². The molecule has 3 rings (SSSR count). The number of hydrogen-bond donors (Lipinski definition) is 1. The van der Waals surface area contributed by atoms with Gasteiger partial charge in [0.1, 0.15) is 6.04 Å². The zero-order valence-corrected chi connectivity index (χ0v) is 18.4. The van der Waals surface area contributed by atoms with Crippen LogP contribution in [0.15, 0.2) is 54.2 Å². The van der Waals surface area contributed by atoms with E-state index in [-0.39, 0.29) is 11.6 Å². The first-order valence-electron chi connectivity index (χ1n) is 9.40. The van der Waals surface area contributed by atoms with Crippen LogP contribution >= 0.6 is 23.1 Å². The third-order valence-corrected chi connectivity index (χ3v) is 5.53. The summed E-state index contributed by atoms with van der Waals surface area (Å²) in [6.45, 7) is 5.87. The quantitative estimate of drug-likeness (QED) is 0.588. The number of anilines is 1. The first-order chi connectivity index (χ1) is 14.3. The lowest BCUT2D eigenvalue weighted by Gasteiger charge is -2.34. The molecule has 1 N–H and O–H groups in total. The molecule has 30 heavy (non-hydrogen) atoms. The molecule has 0 aliphatic heterocycles. The number of nitrogens with zero attached hydrogens (tertiary/aromatic N) is 4. The zero-order chi connectivity index (χ0) is 21.7. The lowest BCUT2D eigenvalue weighted by atomic mass is 9.98. The third kappa shape index (κ3) is 5.01. The largest absolute Gasteiger partial charge is 0.349 e. The van der Waals surface area contributed by atoms with E-state index in [1.165, 1.54) is 4.90 Å². The van der Waals surface area contributed by atoms with Gasteiger partial charge in [0.25, 0.3) is 5.91 Å². The summed E-state index contributed by atoms with van der Waals surface area (Å²) < 4.78 is 3.80. The molecule has 2 aromatic heterocycles. The maximum absolute atomic E-state index is 13.5. The van der Waals surface area contributed by atoms with E-state index in [9.17, 15) is 9.59 Å². The van der Waals surface area contributed by atoms with Crippen molar-refractivity contribution in [3.63, 3.8) is 0 Å². The van der Waals surface area contributed by atoms with Crippen LogP contribution < -0.4 is 10.2 Å². The molecule has 0 fully saturated rings. The van der Waals surface area contributed by atoms with E-state index in [0.717, 1.165) is 18.0 Å². The highest BCUT2D eigenvalue weighted by molar-refractivity contribution is 7.03. The van der Waals surface area contributed by atoms with E-state index in [1.54, 1.807) is 54.2 Å². The van der Waals surface area contributed by atoms with Crippen LogP contribution in [-0.4, -0.2) is 31.9 Å². The average molecular weight is 444 g/mol. The summed E-state index contributed by atoms with van der Waals surface area (Å²) in [5.74, 6) is -0.739. The van der Waals surface area contributed by atoms with Gasteiger partial charge in [0.15, 0.2) is 5.69 Å². The van der Waals surface area contributed by atoms with Crippen molar-refractivity contribution in [2.24, 2.45) is 0 Å². The average Bonchev–Trinajstić information content (AvgIpc) is 3.27. The Bertz CT molecular complexity index is 994. The second-order valence-corrected chi connectivity index (χ2v) is 8.40. The van der Waals surface area contributed by atoms with Crippen molar-refractivity contribution >= 4 is 40.6 Å². The number of pyridine rings is 1. The van der Waals surface area contributed by atoms with E-state index in [1.807, 2.05) is 20.8 Å². The van der Waals surface area contributed by atoms with Crippen LogP contribution in [0.4, 0.5) is 5.69 Å². The van der Waals surface area contributed by atoms with Gasteiger partial charge in [0, 0.05) is 34.0 Å². The summed E-state index contributed by atoms with van der Waals surface area (Å²) in [6, 6.07) is 9.26. The second kappa shape index (κ2) is 9.32. The normalized spacial score (nSPS) is 12.3. The number of aromatic nitrogens is 3. The minimum atomic E-state index is -0.936. The molecular weight excluding hydrogens is 422 g/mol. The summed E-state index contributed by atoms with van der Waals surface area (Å²) in [6.07, 6.45) is 3.91. The Balaban J connectivity index is 2.14. The van der Waals surface area contributed by atoms with Crippen molar-refractivity contribution in [3.05, 3.63) is 70.5 Å². The number of amides is 2. The van der Waals surface area contributed by atoms with Crippen molar-refractivity contribution in [2.45, 2.75) is 38.8 Å². The summed E-state index contributed by atoms with van der Waals surface area (Å²) in [4.78, 5) is 32.4. The molecule has 0 saturated carbocycles. The maximum Gasteiger partial charge on any atom is 0.280 e. The van der Waals surface area contributed by atoms with Gasteiger partial charge in [-0.25, -0.2) is 0 Å². The molecule has 0 saturated heterocycles. The van der Waals surface area contributed by atoms with Gasteiger partial charge in [0.2, 0.25) is 5.91 Å². The van der Waals surface area contributed by atoms with E-state index in [4.69, 9.17) is 11.6 Å². The number of carbonyl (C=O) groups excluding carboxylic acids is 2. The second-order valence-electron chi connectivity index (χ2n) is 7.35. The highest BCUT2D eigenvalue weighted by atomic mass is 35.5. The van der Waals surface area contributed by atoms with Crippen LogP contribution in [0.25, 0.3) is 0 Å². The minimum absolute atomic E-state index is 0.163. The number of halogens is 1. The van der Waals surface area contributed by atoms with Gasteiger partial charge in [-0.2, -0.15) is 0 Å². The molecule has 3 aromatic rings. The Kier molecular flexibility index (Phi) is 6.79. The molecule has 9 heteroatoms. The SMILES string of the molecule is CCC(C)(C)NC(=O)C(c1ccncc1)N(C(=O)c1csnn1)c1ccc(Cl)cc1. The fraction of sp³-hybridized carbons (Fsp3) is 0.286. The predicted octanol–water partition coefficient (Wildman–Crippen LogP) is 4.28. The lowest BCUT2D eigenvalue weighted by molar-refractivity contribution is -0.124. The number of benzene rings is 1. The molecule has 1 aromatic carbocycles. The van der Waals surface area contributed by atoms with Gasteiger partial charge in [-0.15, -0.1) is 5.10 Å². The minimum Gasteiger partial charge on any atom is -0.349 e. The molecule has 0 spiro atoms. The van der Waals surface area contributed by atoms with Crippen molar-refractivity contribution < 1.29 is 9.59 Å². The molecule has 156 valence electrons. The van der Waals surface area contributed by atoms with Crippen LogP contribution in [0, 0.1) is 0 Å². The maximum atomic E-state index is 13.5. The molecule has 2 amide bonds. The molecule has 1 unspecified atom stereocenters. The first kappa shape index (κ1) is 21.9. The lowest BCUT2D eigenvalue weighted by Crippen LogP contribution is -2.50. The van der Waals surface area contributed by atoms with Crippen LogP contribution in [0.1, 0.15) is 49.3 Å². The van der Waals surface area contributed by atoms with Gasteiger partial charge < -0.3 is 5.32 Å². The van der Waals surface area contributed by atoms with Gasteiger partial charge in [0.05, 0.1) is 0 Å². The fourth-order valence-electron chi connectivity index (χ4n) is 2.82. The Morgan fingerprint density at radius 2 is 1.83 bits per heavy atom. The Labute approximate surface area is 184 Å². The smallest absolute Gasteiger partial charge is 0.280 e. The van der Waals surface area contributed by atoms with E-state index < -0.39 is 17.5 Å². The molecule has 7 nitrogen and oxygen atoms in total. The van der Waals surface area contributed by atoms with E-state index in [0.29, 0.717) is 16.3 Å². The topological polar surface area (TPSA) is 88.1 Å². The number of nitrogens with one attached hydrogen (secondary N) is 1. The monoisotopic (exact) mass is 443 g/mol. The molecule has 0 bridgehead atoms. The van der Waals surface area contributed by atoms with Gasteiger partial charge in [-0.3, -0.25) is 19.5 Å². The van der Waals surface area contributed by atoms with E-state index in [2.05, 4.69) is 19.9 Å². The number of carbonyl (C=O) groups is 2. The summed E-state index contributed by atoms with van der Waals surface area (Å²) in [7, 11) is 0. The van der Waals surface area contributed by atoms with Crippen LogP contribution in [0.2, 0.25) is 5.02 Å². The van der Waals surface area contributed by atoms with Gasteiger partial charge in [-0.05, 0) is 73.8 Å². The highest BCUT2D eigenvalue weighted by Crippen LogP contribution is 2.31. The zero-order valence-electron chi connectivity index (χ0n) is 16.9. The van der Waals surface area contributed by atoms with Crippen molar-refractivity contribution in [2.75, 3.05) is 4.90 Å². The van der Waals surface area contributed by atoms with E-state index >= 15 is 0 Å². The summed E-state index contributed by atoms with van der Waals surface area (Å²) >= 11 is 7.12. The Morgan fingerprint density at radius 3 is 2.40 bits per heavy atom. The van der Waals surface area contributed by atoms with Crippen molar-refractivity contribution in [1.82, 2.24) is 19.9 Å².